The Morgan fingerprint density at radius 1 is 1.12 bits per heavy atom. The molecule has 0 fully saturated rings. The molecule has 6 nitrogen and oxygen atoms in total. The molecule has 0 aliphatic heterocycles. The molecule has 0 saturated heterocycles. The maximum atomic E-state index is 5.64. The highest BCUT2D eigenvalue weighted by Crippen LogP contribution is 2.13. The van der Waals surface area contributed by atoms with Crippen molar-refractivity contribution in [3.63, 3.8) is 0 Å². The van der Waals surface area contributed by atoms with Crippen molar-refractivity contribution in [2.45, 2.75) is 33.6 Å². The Bertz CT molecular complexity index is 341. The second-order valence-electron chi connectivity index (χ2n) is 3.65. The minimum Gasteiger partial charge on any atom is -0.463 e. The van der Waals surface area contributed by atoms with Crippen LogP contribution in [-0.4, -0.2) is 34.6 Å². The van der Waals surface area contributed by atoms with Gasteiger partial charge >= 0.3 is 6.01 Å². The predicted molar refractivity (Wildman–Crippen MR) is 68.2 cm³/mol. The van der Waals surface area contributed by atoms with Gasteiger partial charge in [0.15, 0.2) is 0 Å². The van der Waals surface area contributed by atoms with Crippen molar-refractivity contribution in [1.29, 1.82) is 0 Å². The number of nitrogens with zero attached hydrogens (tertiary/aromatic N) is 4. The number of hydrogen-bond acceptors (Lipinski definition) is 6. The van der Waals surface area contributed by atoms with Gasteiger partial charge in [0, 0.05) is 13.1 Å². The maximum absolute atomic E-state index is 5.64. The lowest BCUT2D eigenvalue weighted by Crippen LogP contribution is -2.25. The van der Waals surface area contributed by atoms with E-state index in [1.165, 1.54) is 0 Å². The number of aromatic nitrogens is 3. The number of nitrogen functional groups attached to an aromatic ring is 1. The molecule has 0 spiro atoms. The summed E-state index contributed by atoms with van der Waals surface area (Å²) < 4.78 is 5.44. The van der Waals surface area contributed by atoms with Gasteiger partial charge in [-0.05, 0) is 20.3 Å². The lowest BCUT2D eigenvalue weighted by molar-refractivity contribution is 0.285. The van der Waals surface area contributed by atoms with Gasteiger partial charge in [-0.2, -0.15) is 15.0 Å². The molecule has 0 saturated carbocycles. The largest absolute Gasteiger partial charge is 0.463 e. The van der Waals surface area contributed by atoms with Crippen LogP contribution in [0, 0.1) is 0 Å². The van der Waals surface area contributed by atoms with Gasteiger partial charge in [0.25, 0.3) is 0 Å². The lowest BCUT2D eigenvalue weighted by Gasteiger charge is -2.18. The first-order valence-electron chi connectivity index (χ1n) is 6.10. The standard InChI is InChI=1S/C11H21N5O/c1-4-7-8-17-11-14-9(12)13-10(15-11)16(5-2)6-3/h4-8H2,1-3H3,(H2,12,13,14,15). The van der Waals surface area contributed by atoms with E-state index in [1.54, 1.807) is 0 Å². The van der Waals surface area contributed by atoms with Crippen molar-refractivity contribution in [1.82, 2.24) is 15.0 Å². The number of anilines is 2. The molecule has 0 aromatic carbocycles. The fraction of sp³-hybridized carbons (Fsp3) is 0.727. The monoisotopic (exact) mass is 239 g/mol. The van der Waals surface area contributed by atoms with Crippen LogP contribution >= 0.6 is 0 Å². The number of rotatable bonds is 7. The third-order valence-corrected chi connectivity index (χ3v) is 2.40. The number of nitrogens with two attached hydrogens (primary N) is 1. The van der Waals surface area contributed by atoms with Crippen LogP contribution < -0.4 is 15.4 Å². The average molecular weight is 239 g/mol. The summed E-state index contributed by atoms with van der Waals surface area (Å²) in [6.07, 6.45) is 2.05. The summed E-state index contributed by atoms with van der Waals surface area (Å²) in [7, 11) is 0. The molecule has 1 heterocycles. The third kappa shape index (κ3) is 4.05. The van der Waals surface area contributed by atoms with Gasteiger partial charge < -0.3 is 15.4 Å². The Balaban J connectivity index is 2.78. The van der Waals surface area contributed by atoms with E-state index in [4.69, 9.17) is 10.5 Å². The average Bonchev–Trinajstić information content (AvgIpc) is 2.30. The summed E-state index contributed by atoms with van der Waals surface area (Å²) in [4.78, 5) is 14.3. The van der Waals surface area contributed by atoms with Crippen LogP contribution in [0.15, 0.2) is 0 Å². The second-order valence-corrected chi connectivity index (χ2v) is 3.65. The normalized spacial score (nSPS) is 10.3. The molecule has 0 atom stereocenters. The first kappa shape index (κ1) is 13.5. The van der Waals surface area contributed by atoms with Gasteiger partial charge in [-0.1, -0.05) is 13.3 Å². The SMILES string of the molecule is CCCCOc1nc(N)nc(N(CC)CC)n1. The molecule has 0 radical (unpaired) electrons. The molecule has 0 aliphatic rings. The first-order valence-corrected chi connectivity index (χ1v) is 6.10. The van der Waals surface area contributed by atoms with E-state index in [9.17, 15) is 0 Å². The molecule has 1 rings (SSSR count). The molecule has 1 aromatic heterocycles. The fourth-order valence-corrected chi connectivity index (χ4v) is 1.38. The number of unbranched alkanes of at least 4 members (excludes halogenated alkanes) is 1. The summed E-state index contributed by atoms with van der Waals surface area (Å²) >= 11 is 0. The number of hydrogen-bond donors (Lipinski definition) is 1. The van der Waals surface area contributed by atoms with Crippen molar-refractivity contribution >= 4 is 11.9 Å². The predicted octanol–water partition coefficient (Wildman–Crippen LogP) is 1.48. The van der Waals surface area contributed by atoms with Crippen molar-refractivity contribution in [2.75, 3.05) is 30.3 Å². The Morgan fingerprint density at radius 3 is 2.41 bits per heavy atom. The topological polar surface area (TPSA) is 77.2 Å². The van der Waals surface area contributed by atoms with E-state index in [1.807, 2.05) is 18.7 Å². The van der Waals surface area contributed by atoms with E-state index in [-0.39, 0.29) is 5.95 Å². The highest BCUT2D eigenvalue weighted by atomic mass is 16.5. The third-order valence-electron chi connectivity index (χ3n) is 2.40. The Morgan fingerprint density at radius 2 is 1.82 bits per heavy atom. The van der Waals surface area contributed by atoms with E-state index < -0.39 is 0 Å². The lowest BCUT2D eigenvalue weighted by atomic mass is 10.4. The van der Waals surface area contributed by atoms with Crippen LogP contribution in [0.5, 0.6) is 6.01 Å². The van der Waals surface area contributed by atoms with Crippen molar-refractivity contribution in [3.05, 3.63) is 0 Å². The molecule has 0 aliphatic carbocycles. The number of ether oxygens (including phenoxy) is 1. The minimum atomic E-state index is 0.202. The van der Waals surface area contributed by atoms with Crippen LogP contribution in [0.25, 0.3) is 0 Å². The van der Waals surface area contributed by atoms with Crippen LogP contribution in [-0.2, 0) is 0 Å². The quantitative estimate of drug-likeness (QED) is 0.726. The molecular formula is C11H21N5O. The Labute approximate surface area is 102 Å². The summed E-state index contributed by atoms with van der Waals surface area (Å²) in [5, 5.41) is 0. The maximum Gasteiger partial charge on any atom is 0.323 e. The Kier molecular flexibility index (Phi) is 5.45. The van der Waals surface area contributed by atoms with Crippen molar-refractivity contribution in [2.24, 2.45) is 0 Å². The smallest absolute Gasteiger partial charge is 0.323 e. The van der Waals surface area contributed by atoms with Crippen molar-refractivity contribution < 1.29 is 4.74 Å². The van der Waals surface area contributed by atoms with Crippen LogP contribution in [0.4, 0.5) is 11.9 Å². The van der Waals surface area contributed by atoms with Gasteiger partial charge in [0.2, 0.25) is 11.9 Å². The van der Waals surface area contributed by atoms with E-state index in [0.29, 0.717) is 18.6 Å². The molecule has 0 amide bonds. The minimum absolute atomic E-state index is 0.202. The van der Waals surface area contributed by atoms with Gasteiger partial charge in [0.1, 0.15) is 0 Å². The zero-order valence-electron chi connectivity index (χ0n) is 10.8. The second kappa shape index (κ2) is 6.88. The Hall–Kier alpha value is -1.59. The molecule has 2 N–H and O–H groups in total. The summed E-state index contributed by atoms with van der Waals surface area (Å²) in [5.41, 5.74) is 5.64. The molecule has 6 heteroatoms. The zero-order chi connectivity index (χ0) is 12.7. The molecule has 1 aromatic rings. The molecule has 0 unspecified atom stereocenters. The summed E-state index contributed by atoms with van der Waals surface area (Å²) in [6.45, 7) is 8.45. The van der Waals surface area contributed by atoms with Crippen LogP contribution in [0.3, 0.4) is 0 Å². The van der Waals surface area contributed by atoms with Crippen LogP contribution in [0.1, 0.15) is 33.6 Å². The van der Waals surface area contributed by atoms with Crippen molar-refractivity contribution in [3.8, 4) is 6.01 Å². The molecular weight excluding hydrogens is 218 g/mol. The van der Waals surface area contributed by atoms with Gasteiger partial charge in [-0.3, -0.25) is 0 Å². The highest BCUT2D eigenvalue weighted by molar-refractivity contribution is 5.35. The van der Waals surface area contributed by atoms with Gasteiger partial charge in [0.05, 0.1) is 6.61 Å². The van der Waals surface area contributed by atoms with E-state index in [0.717, 1.165) is 25.9 Å². The zero-order valence-corrected chi connectivity index (χ0v) is 10.8. The summed E-state index contributed by atoms with van der Waals surface area (Å²) in [5.74, 6) is 0.780. The molecule has 96 valence electrons. The molecule has 17 heavy (non-hydrogen) atoms. The molecule has 0 bridgehead atoms. The van der Waals surface area contributed by atoms with Gasteiger partial charge in [-0.25, -0.2) is 0 Å². The van der Waals surface area contributed by atoms with Gasteiger partial charge in [-0.15, -0.1) is 0 Å². The fourth-order valence-electron chi connectivity index (χ4n) is 1.38. The highest BCUT2D eigenvalue weighted by Gasteiger charge is 2.10. The summed E-state index contributed by atoms with van der Waals surface area (Å²) in [6, 6.07) is 0.313. The van der Waals surface area contributed by atoms with E-state index >= 15 is 0 Å². The van der Waals surface area contributed by atoms with Crippen LogP contribution in [0.2, 0.25) is 0 Å². The first-order chi connectivity index (χ1) is 8.21. The van der Waals surface area contributed by atoms with E-state index in [2.05, 4.69) is 21.9 Å².